The Morgan fingerprint density at radius 1 is 1.27 bits per heavy atom. The van der Waals surface area contributed by atoms with Crippen molar-refractivity contribution < 1.29 is 17.9 Å². The lowest BCUT2D eigenvalue weighted by atomic mass is 10.2. The Morgan fingerprint density at radius 3 is 2.20 bits per heavy atom. The molecule has 0 saturated heterocycles. The average molecular weight is 280 g/mol. The van der Waals surface area contributed by atoms with Gasteiger partial charge in [0, 0.05) is 0 Å². The summed E-state index contributed by atoms with van der Waals surface area (Å²) in [5.74, 6) is -0.302. The second-order valence-electron chi connectivity index (χ2n) is 2.61. The topological polar surface area (TPSA) is 33.0 Å². The van der Waals surface area contributed by atoms with E-state index in [2.05, 4.69) is 20.7 Å². The fraction of sp³-hybridized carbons (Fsp3) is 0.222. The SMILES string of the molecule is N#CC(Br)c1ccc(OC(F)(F)F)cc1. The zero-order chi connectivity index (χ0) is 11.5. The fourth-order valence-electron chi connectivity index (χ4n) is 0.913. The number of hydrogen-bond donors (Lipinski definition) is 0. The molecule has 0 aliphatic heterocycles. The number of nitrogens with zero attached hydrogens (tertiary/aromatic N) is 1. The first-order valence-electron chi connectivity index (χ1n) is 3.82. The van der Waals surface area contributed by atoms with Crippen LogP contribution in [0.2, 0.25) is 0 Å². The summed E-state index contributed by atoms with van der Waals surface area (Å²) in [5, 5.41) is 8.54. The van der Waals surface area contributed by atoms with Gasteiger partial charge in [-0.25, -0.2) is 0 Å². The molecule has 0 aliphatic carbocycles. The summed E-state index contributed by atoms with van der Waals surface area (Å²) in [7, 11) is 0. The number of hydrogen-bond acceptors (Lipinski definition) is 2. The lowest BCUT2D eigenvalue weighted by Crippen LogP contribution is -2.17. The molecule has 6 heteroatoms. The van der Waals surface area contributed by atoms with Crippen molar-refractivity contribution in [1.82, 2.24) is 0 Å². The predicted molar refractivity (Wildman–Crippen MR) is 50.4 cm³/mol. The molecule has 0 fully saturated rings. The zero-order valence-electron chi connectivity index (χ0n) is 7.25. The van der Waals surface area contributed by atoms with E-state index in [0.29, 0.717) is 5.56 Å². The van der Waals surface area contributed by atoms with Crippen LogP contribution in [-0.2, 0) is 0 Å². The van der Waals surface area contributed by atoms with Gasteiger partial charge in [0.25, 0.3) is 0 Å². The zero-order valence-corrected chi connectivity index (χ0v) is 8.84. The normalized spacial score (nSPS) is 13.0. The van der Waals surface area contributed by atoms with Crippen molar-refractivity contribution in [3.05, 3.63) is 29.8 Å². The van der Waals surface area contributed by atoms with Crippen LogP contribution in [0.4, 0.5) is 13.2 Å². The first kappa shape index (κ1) is 11.9. The Bertz CT molecular complexity index is 368. The summed E-state index contributed by atoms with van der Waals surface area (Å²) in [6.45, 7) is 0. The molecule has 1 aromatic rings. The molecule has 80 valence electrons. The summed E-state index contributed by atoms with van der Waals surface area (Å²) in [6, 6.07) is 7.01. The highest BCUT2D eigenvalue weighted by atomic mass is 79.9. The van der Waals surface area contributed by atoms with Gasteiger partial charge in [-0.05, 0) is 17.7 Å². The van der Waals surface area contributed by atoms with E-state index >= 15 is 0 Å². The second kappa shape index (κ2) is 4.53. The molecule has 0 spiro atoms. The van der Waals surface area contributed by atoms with Gasteiger partial charge in [0.2, 0.25) is 0 Å². The van der Waals surface area contributed by atoms with E-state index in [9.17, 15) is 13.2 Å². The van der Waals surface area contributed by atoms with E-state index in [4.69, 9.17) is 5.26 Å². The van der Waals surface area contributed by atoms with Gasteiger partial charge < -0.3 is 4.74 Å². The molecule has 15 heavy (non-hydrogen) atoms. The molecule has 0 bridgehead atoms. The number of rotatable bonds is 2. The molecule has 2 nitrogen and oxygen atoms in total. The molecule has 0 aromatic heterocycles. The van der Waals surface area contributed by atoms with E-state index in [1.807, 2.05) is 6.07 Å². The van der Waals surface area contributed by atoms with Crippen LogP contribution in [0.1, 0.15) is 10.4 Å². The molecule has 0 amide bonds. The highest BCUT2D eigenvalue weighted by Crippen LogP contribution is 2.26. The minimum atomic E-state index is -4.69. The maximum absolute atomic E-state index is 11.8. The lowest BCUT2D eigenvalue weighted by Gasteiger charge is -2.09. The van der Waals surface area contributed by atoms with Crippen LogP contribution >= 0.6 is 15.9 Å². The smallest absolute Gasteiger partial charge is 0.406 e. The standard InChI is InChI=1S/C9H5BrF3NO/c10-8(5-14)6-1-3-7(4-2-6)15-9(11,12)13/h1-4,8H. The monoisotopic (exact) mass is 279 g/mol. The number of alkyl halides is 4. The van der Waals surface area contributed by atoms with Crippen molar-refractivity contribution in [2.75, 3.05) is 0 Å². The van der Waals surface area contributed by atoms with Crippen molar-refractivity contribution in [2.24, 2.45) is 0 Å². The van der Waals surface area contributed by atoms with Crippen LogP contribution in [0.5, 0.6) is 5.75 Å². The molecule has 1 unspecified atom stereocenters. The van der Waals surface area contributed by atoms with Crippen LogP contribution in [0.25, 0.3) is 0 Å². The van der Waals surface area contributed by atoms with Crippen molar-refractivity contribution in [1.29, 1.82) is 5.26 Å². The minimum Gasteiger partial charge on any atom is -0.406 e. The molecular formula is C9H5BrF3NO. The molecule has 0 heterocycles. The maximum atomic E-state index is 11.8. The summed E-state index contributed by atoms with van der Waals surface area (Å²) >= 11 is 3.05. The summed E-state index contributed by atoms with van der Waals surface area (Å²) < 4.78 is 39.0. The largest absolute Gasteiger partial charge is 0.573 e. The Kier molecular flexibility index (Phi) is 3.58. The summed E-state index contributed by atoms with van der Waals surface area (Å²) in [6.07, 6.45) is -4.69. The van der Waals surface area contributed by atoms with Crippen molar-refractivity contribution in [3.8, 4) is 11.8 Å². The van der Waals surface area contributed by atoms with E-state index in [1.54, 1.807) is 0 Å². The summed E-state index contributed by atoms with van der Waals surface area (Å²) in [5.41, 5.74) is 0.576. The quantitative estimate of drug-likeness (QED) is 0.776. The number of ether oxygens (including phenoxy) is 1. The molecule has 0 N–H and O–H groups in total. The van der Waals surface area contributed by atoms with E-state index < -0.39 is 11.2 Å². The molecular weight excluding hydrogens is 275 g/mol. The van der Waals surface area contributed by atoms with Crippen molar-refractivity contribution in [2.45, 2.75) is 11.2 Å². The molecule has 0 aliphatic rings. The van der Waals surface area contributed by atoms with Gasteiger partial charge in [0.05, 0.1) is 6.07 Å². The van der Waals surface area contributed by atoms with Crippen LogP contribution in [0.15, 0.2) is 24.3 Å². The van der Waals surface area contributed by atoms with Gasteiger partial charge in [-0.3, -0.25) is 0 Å². The maximum Gasteiger partial charge on any atom is 0.573 e. The van der Waals surface area contributed by atoms with Gasteiger partial charge in [0.1, 0.15) is 10.6 Å². The summed E-state index contributed by atoms with van der Waals surface area (Å²) in [4.78, 5) is -0.530. The third-order valence-electron chi connectivity index (χ3n) is 1.52. The minimum absolute atomic E-state index is 0.302. The van der Waals surface area contributed by atoms with E-state index in [1.165, 1.54) is 12.1 Å². The first-order chi connectivity index (χ1) is 6.92. The van der Waals surface area contributed by atoms with Gasteiger partial charge in [0.15, 0.2) is 0 Å². The van der Waals surface area contributed by atoms with Crippen molar-refractivity contribution >= 4 is 15.9 Å². The average Bonchev–Trinajstić information content (AvgIpc) is 2.15. The van der Waals surface area contributed by atoms with Crippen LogP contribution in [0, 0.1) is 11.3 Å². The second-order valence-corrected chi connectivity index (χ2v) is 3.52. The molecule has 1 aromatic carbocycles. The van der Waals surface area contributed by atoms with E-state index in [-0.39, 0.29) is 5.75 Å². The Morgan fingerprint density at radius 2 is 1.80 bits per heavy atom. The first-order valence-corrected chi connectivity index (χ1v) is 4.73. The molecule has 0 saturated carbocycles. The highest BCUT2D eigenvalue weighted by Gasteiger charge is 2.30. The third kappa shape index (κ3) is 3.80. The number of nitriles is 1. The number of halogens is 4. The number of benzene rings is 1. The fourth-order valence-corrected chi connectivity index (χ4v) is 1.22. The van der Waals surface area contributed by atoms with Crippen LogP contribution < -0.4 is 4.74 Å². The van der Waals surface area contributed by atoms with Gasteiger partial charge >= 0.3 is 6.36 Å². The van der Waals surface area contributed by atoms with E-state index in [0.717, 1.165) is 12.1 Å². The highest BCUT2D eigenvalue weighted by molar-refractivity contribution is 9.09. The molecule has 1 atom stereocenters. The Labute approximate surface area is 92.4 Å². The van der Waals surface area contributed by atoms with Gasteiger partial charge in [-0.15, -0.1) is 13.2 Å². The Hall–Kier alpha value is -1.22. The third-order valence-corrected chi connectivity index (χ3v) is 2.25. The van der Waals surface area contributed by atoms with Crippen LogP contribution in [0.3, 0.4) is 0 Å². The van der Waals surface area contributed by atoms with Crippen molar-refractivity contribution in [3.63, 3.8) is 0 Å². The van der Waals surface area contributed by atoms with Crippen LogP contribution in [-0.4, -0.2) is 6.36 Å². The van der Waals surface area contributed by atoms with Gasteiger partial charge in [-0.2, -0.15) is 5.26 Å². The molecule has 1 rings (SSSR count). The lowest BCUT2D eigenvalue weighted by molar-refractivity contribution is -0.274. The predicted octanol–water partition coefficient (Wildman–Crippen LogP) is 3.54. The molecule has 0 radical (unpaired) electrons. The Balaban J connectivity index is 2.78. The van der Waals surface area contributed by atoms with Gasteiger partial charge in [-0.1, -0.05) is 28.1 Å².